The van der Waals surface area contributed by atoms with Gasteiger partial charge in [0.2, 0.25) is 0 Å². The molecule has 0 aliphatic carbocycles. The van der Waals surface area contributed by atoms with Crippen LogP contribution in [0.3, 0.4) is 0 Å². The Morgan fingerprint density at radius 2 is 2.05 bits per heavy atom. The van der Waals surface area contributed by atoms with E-state index in [0.29, 0.717) is 6.04 Å². The molecule has 0 spiro atoms. The van der Waals surface area contributed by atoms with Crippen molar-refractivity contribution in [2.45, 2.75) is 45.4 Å². The number of nitrogens with zero attached hydrogens (tertiary/aromatic N) is 1. The monoisotopic (exact) mass is 282 g/mol. The Morgan fingerprint density at radius 1 is 1.37 bits per heavy atom. The van der Waals surface area contributed by atoms with Crippen LogP contribution in [0.15, 0.2) is 18.2 Å². The van der Waals surface area contributed by atoms with Crippen molar-refractivity contribution in [1.29, 1.82) is 0 Å². The molecule has 1 aromatic carbocycles. The first-order valence-corrected chi connectivity index (χ1v) is 7.39. The van der Waals surface area contributed by atoms with Crippen molar-refractivity contribution in [3.05, 3.63) is 28.8 Å². The van der Waals surface area contributed by atoms with Gasteiger partial charge in [0.1, 0.15) is 0 Å². The number of benzene rings is 1. The molecule has 1 aliphatic rings. The smallest absolute Gasteiger partial charge is 0.0642 e. The highest BCUT2D eigenvalue weighted by molar-refractivity contribution is 6.33. The van der Waals surface area contributed by atoms with Crippen LogP contribution < -0.4 is 10.2 Å². The van der Waals surface area contributed by atoms with Gasteiger partial charge in [-0.2, -0.15) is 0 Å². The zero-order valence-electron chi connectivity index (χ0n) is 11.7. The molecule has 0 amide bonds. The number of rotatable bonds is 4. The fourth-order valence-electron chi connectivity index (χ4n) is 2.35. The third-order valence-electron chi connectivity index (χ3n) is 3.53. The van der Waals surface area contributed by atoms with E-state index in [-0.39, 0.29) is 6.10 Å². The molecular formula is C15H23ClN2O. The first kappa shape index (κ1) is 14.6. The molecule has 0 atom stereocenters. The van der Waals surface area contributed by atoms with Gasteiger partial charge >= 0.3 is 0 Å². The Bertz CT molecular complexity index is 415. The lowest BCUT2D eigenvalue weighted by Gasteiger charge is -2.32. The van der Waals surface area contributed by atoms with Crippen molar-refractivity contribution >= 4 is 17.3 Å². The van der Waals surface area contributed by atoms with Gasteiger partial charge in [0.15, 0.2) is 0 Å². The first-order chi connectivity index (χ1) is 9.06. The molecule has 1 saturated heterocycles. The Kier molecular flexibility index (Phi) is 5.08. The van der Waals surface area contributed by atoms with E-state index >= 15 is 0 Å². The summed E-state index contributed by atoms with van der Waals surface area (Å²) in [6.45, 7) is 6.87. The van der Waals surface area contributed by atoms with Gasteiger partial charge in [0.25, 0.3) is 0 Å². The zero-order chi connectivity index (χ0) is 13.8. The van der Waals surface area contributed by atoms with Gasteiger partial charge in [-0.05, 0) is 30.5 Å². The van der Waals surface area contributed by atoms with Crippen LogP contribution in [0.1, 0.15) is 32.3 Å². The van der Waals surface area contributed by atoms with Crippen LogP contribution in [-0.2, 0) is 6.54 Å². The fraction of sp³-hybridized carbons (Fsp3) is 0.600. The maximum absolute atomic E-state index is 9.54. The summed E-state index contributed by atoms with van der Waals surface area (Å²) < 4.78 is 0. The molecule has 0 saturated carbocycles. The minimum atomic E-state index is -0.149. The average Bonchev–Trinajstić information content (AvgIpc) is 2.38. The van der Waals surface area contributed by atoms with E-state index in [9.17, 15) is 5.11 Å². The van der Waals surface area contributed by atoms with Crippen molar-refractivity contribution in [1.82, 2.24) is 5.32 Å². The number of aliphatic hydroxyl groups excluding tert-OH is 1. The summed E-state index contributed by atoms with van der Waals surface area (Å²) in [5.41, 5.74) is 2.29. The van der Waals surface area contributed by atoms with Crippen molar-refractivity contribution in [3.63, 3.8) is 0 Å². The number of anilines is 1. The van der Waals surface area contributed by atoms with Gasteiger partial charge in [-0.25, -0.2) is 0 Å². The molecule has 0 aromatic heterocycles. The average molecular weight is 283 g/mol. The first-order valence-electron chi connectivity index (χ1n) is 7.01. The molecule has 1 aromatic rings. The van der Waals surface area contributed by atoms with E-state index in [1.165, 1.54) is 5.56 Å². The molecule has 19 heavy (non-hydrogen) atoms. The van der Waals surface area contributed by atoms with E-state index in [0.717, 1.165) is 43.2 Å². The van der Waals surface area contributed by atoms with Crippen LogP contribution in [0.25, 0.3) is 0 Å². The van der Waals surface area contributed by atoms with Crippen molar-refractivity contribution in [3.8, 4) is 0 Å². The molecule has 0 radical (unpaired) electrons. The summed E-state index contributed by atoms with van der Waals surface area (Å²) in [6, 6.07) is 6.73. The molecule has 0 bridgehead atoms. The third kappa shape index (κ3) is 4.10. The van der Waals surface area contributed by atoms with Crippen LogP contribution in [-0.4, -0.2) is 30.3 Å². The Morgan fingerprint density at radius 3 is 2.63 bits per heavy atom. The fourth-order valence-corrected chi connectivity index (χ4v) is 2.67. The van der Waals surface area contributed by atoms with E-state index in [2.05, 4.69) is 36.2 Å². The van der Waals surface area contributed by atoms with Crippen LogP contribution in [0.4, 0.5) is 5.69 Å². The second kappa shape index (κ2) is 6.60. The Labute approximate surface area is 120 Å². The molecule has 1 aliphatic heterocycles. The maximum Gasteiger partial charge on any atom is 0.0642 e. The minimum Gasteiger partial charge on any atom is -0.393 e. The Balaban J connectivity index is 2.02. The number of piperidine rings is 1. The molecule has 106 valence electrons. The molecule has 1 heterocycles. The van der Waals surface area contributed by atoms with E-state index in [1.54, 1.807) is 0 Å². The lowest BCUT2D eigenvalue weighted by molar-refractivity contribution is 0.145. The second-order valence-electron chi connectivity index (χ2n) is 5.54. The van der Waals surface area contributed by atoms with E-state index in [1.807, 2.05) is 6.07 Å². The predicted molar refractivity (Wildman–Crippen MR) is 80.9 cm³/mol. The molecule has 0 unspecified atom stereocenters. The van der Waals surface area contributed by atoms with Gasteiger partial charge in [0.05, 0.1) is 16.8 Å². The van der Waals surface area contributed by atoms with Gasteiger partial charge in [-0.1, -0.05) is 31.5 Å². The minimum absolute atomic E-state index is 0.149. The highest BCUT2D eigenvalue weighted by Gasteiger charge is 2.19. The summed E-state index contributed by atoms with van der Waals surface area (Å²) in [5.74, 6) is 0. The van der Waals surface area contributed by atoms with Gasteiger partial charge in [0, 0.05) is 25.7 Å². The Hall–Kier alpha value is -0.770. The highest BCUT2D eigenvalue weighted by atomic mass is 35.5. The quantitative estimate of drug-likeness (QED) is 0.891. The second-order valence-corrected chi connectivity index (χ2v) is 5.95. The van der Waals surface area contributed by atoms with E-state index in [4.69, 9.17) is 11.6 Å². The standard InChI is InChI=1S/C15H23ClN2O/c1-11(2)17-10-12-3-4-15(14(16)9-12)18-7-5-13(19)6-8-18/h3-4,9,11,13,17,19H,5-8,10H2,1-2H3. The molecule has 2 N–H and O–H groups in total. The summed E-state index contributed by atoms with van der Waals surface area (Å²) in [7, 11) is 0. The lowest BCUT2D eigenvalue weighted by Crippen LogP contribution is -2.35. The number of nitrogens with one attached hydrogen (secondary N) is 1. The SMILES string of the molecule is CC(C)NCc1ccc(N2CCC(O)CC2)c(Cl)c1. The van der Waals surface area contributed by atoms with Gasteiger partial charge in [-0.15, -0.1) is 0 Å². The molecule has 3 nitrogen and oxygen atoms in total. The highest BCUT2D eigenvalue weighted by Crippen LogP contribution is 2.29. The van der Waals surface area contributed by atoms with Crippen molar-refractivity contribution < 1.29 is 5.11 Å². The number of hydrogen-bond acceptors (Lipinski definition) is 3. The van der Waals surface area contributed by atoms with Gasteiger partial charge in [-0.3, -0.25) is 0 Å². The number of hydrogen-bond donors (Lipinski definition) is 2. The van der Waals surface area contributed by atoms with Gasteiger partial charge < -0.3 is 15.3 Å². The predicted octanol–water partition coefficient (Wildman–Crippen LogP) is 2.80. The maximum atomic E-state index is 9.54. The lowest BCUT2D eigenvalue weighted by atomic mass is 10.1. The molecule has 1 fully saturated rings. The van der Waals surface area contributed by atoms with Crippen molar-refractivity contribution in [2.24, 2.45) is 0 Å². The summed E-state index contributed by atoms with van der Waals surface area (Å²) >= 11 is 6.38. The van der Waals surface area contributed by atoms with Crippen LogP contribution in [0.2, 0.25) is 5.02 Å². The zero-order valence-corrected chi connectivity index (χ0v) is 12.5. The molecule has 2 rings (SSSR count). The molecular weight excluding hydrogens is 260 g/mol. The molecule has 4 heteroatoms. The third-order valence-corrected chi connectivity index (χ3v) is 3.83. The summed E-state index contributed by atoms with van der Waals surface area (Å²) in [4.78, 5) is 2.26. The largest absolute Gasteiger partial charge is 0.393 e. The summed E-state index contributed by atoms with van der Waals surface area (Å²) in [6.07, 6.45) is 1.50. The van der Waals surface area contributed by atoms with E-state index < -0.39 is 0 Å². The van der Waals surface area contributed by atoms with Crippen LogP contribution in [0, 0.1) is 0 Å². The topological polar surface area (TPSA) is 35.5 Å². The van der Waals surface area contributed by atoms with Crippen molar-refractivity contribution in [2.75, 3.05) is 18.0 Å². The number of aliphatic hydroxyl groups is 1. The van der Waals surface area contributed by atoms with Crippen LogP contribution >= 0.6 is 11.6 Å². The summed E-state index contributed by atoms with van der Waals surface area (Å²) in [5, 5.41) is 13.7. The normalized spacial score (nSPS) is 17.2. The number of halogens is 1. The van der Waals surface area contributed by atoms with Crippen LogP contribution in [0.5, 0.6) is 0 Å².